The molecular formula is C16H15NO2. The Morgan fingerprint density at radius 3 is 2.16 bits per heavy atom. The Balaban J connectivity index is 1.94. The van der Waals surface area contributed by atoms with Crippen molar-refractivity contribution in [3.63, 3.8) is 0 Å². The van der Waals surface area contributed by atoms with Crippen molar-refractivity contribution in [3.05, 3.63) is 71.6 Å². The zero-order chi connectivity index (χ0) is 13.5. The lowest BCUT2D eigenvalue weighted by molar-refractivity contribution is -0.131. The fraction of sp³-hybridized carbons (Fsp3) is 0.125. The Bertz CT molecular complexity index is 559. The highest BCUT2D eigenvalue weighted by molar-refractivity contribution is 5.85. The third kappa shape index (κ3) is 4.39. The zero-order valence-electron chi connectivity index (χ0n) is 10.5. The van der Waals surface area contributed by atoms with Crippen LogP contribution in [0.3, 0.4) is 0 Å². The molecule has 19 heavy (non-hydrogen) atoms. The van der Waals surface area contributed by atoms with Gasteiger partial charge in [0.15, 0.2) is 0 Å². The smallest absolute Gasteiger partial charge is 0.328 e. The molecule has 0 atom stereocenters. The lowest BCUT2D eigenvalue weighted by Gasteiger charge is -2.02. The van der Waals surface area contributed by atoms with Crippen molar-refractivity contribution in [1.29, 1.82) is 0 Å². The lowest BCUT2D eigenvalue weighted by Crippen LogP contribution is -1.91. The third-order valence-corrected chi connectivity index (χ3v) is 2.85. The highest BCUT2D eigenvalue weighted by Crippen LogP contribution is 2.09. The molecular weight excluding hydrogens is 238 g/mol. The summed E-state index contributed by atoms with van der Waals surface area (Å²) in [4.78, 5) is 14.4. The predicted octanol–water partition coefficient (Wildman–Crippen LogP) is 2.96. The van der Waals surface area contributed by atoms with Crippen LogP contribution < -0.4 is 0 Å². The molecule has 0 bridgehead atoms. The van der Waals surface area contributed by atoms with E-state index in [0.717, 1.165) is 24.5 Å². The number of hydrogen-bond acceptors (Lipinski definition) is 2. The average Bonchev–Trinajstić information content (AvgIpc) is 2.45. The van der Waals surface area contributed by atoms with E-state index in [0.29, 0.717) is 0 Å². The summed E-state index contributed by atoms with van der Waals surface area (Å²) in [5, 5.41) is 8.55. The highest BCUT2D eigenvalue weighted by Gasteiger charge is 1.96. The van der Waals surface area contributed by atoms with Gasteiger partial charge in [0.1, 0.15) is 0 Å². The molecule has 0 aliphatic heterocycles. The summed E-state index contributed by atoms with van der Waals surface area (Å²) in [5.74, 6) is -0.929. The number of carbonyl (C=O) groups is 1. The molecule has 96 valence electrons. The Morgan fingerprint density at radius 2 is 1.58 bits per heavy atom. The van der Waals surface area contributed by atoms with E-state index < -0.39 is 5.97 Å². The van der Waals surface area contributed by atoms with Gasteiger partial charge in [-0.05, 0) is 47.7 Å². The van der Waals surface area contributed by atoms with Crippen molar-refractivity contribution in [2.75, 3.05) is 0 Å². The summed E-state index contributed by atoms with van der Waals surface area (Å²) in [6.45, 7) is 0. The minimum atomic E-state index is -0.929. The summed E-state index contributed by atoms with van der Waals surface area (Å²) >= 11 is 0. The number of aryl methyl sites for hydroxylation is 2. The highest BCUT2D eigenvalue weighted by atomic mass is 16.4. The standard InChI is InChI=1S/C16H15NO2/c18-16(19)8-7-14-3-1-13(2-4-14)5-6-15-9-11-17-12-10-15/h1-4,7-12H,5-6H2,(H,18,19). The minimum absolute atomic E-state index is 0.898. The second-order valence-electron chi connectivity index (χ2n) is 4.27. The van der Waals surface area contributed by atoms with Gasteiger partial charge in [0.25, 0.3) is 0 Å². The second-order valence-corrected chi connectivity index (χ2v) is 4.27. The van der Waals surface area contributed by atoms with Crippen molar-refractivity contribution >= 4 is 12.0 Å². The van der Waals surface area contributed by atoms with E-state index in [1.807, 2.05) is 36.4 Å². The summed E-state index contributed by atoms with van der Waals surface area (Å²) in [6, 6.07) is 12.0. The number of carboxylic acids is 1. The summed E-state index contributed by atoms with van der Waals surface area (Å²) in [5.41, 5.74) is 3.41. The van der Waals surface area contributed by atoms with Gasteiger partial charge < -0.3 is 5.11 Å². The fourth-order valence-corrected chi connectivity index (χ4v) is 1.80. The lowest BCUT2D eigenvalue weighted by atomic mass is 10.0. The minimum Gasteiger partial charge on any atom is -0.478 e. The van der Waals surface area contributed by atoms with Crippen LogP contribution in [-0.2, 0) is 17.6 Å². The molecule has 0 amide bonds. The number of aliphatic carboxylic acids is 1. The SMILES string of the molecule is O=C(O)C=Cc1ccc(CCc2ccncc2)cc1. The summed E-state index contributed by atoms with van der Waals surface area (Å²) < 4.78 is 0. The Kier molecular flexibility index (Phi) is 4.45. The van der Waals surface area contributed by atoms with Crippen LogP contribution in [0.5, 0.6) is 0 Å². The maximum Gasteiger partial charge on any atom is 0.328 e. The maximum atomic E-state index is 10.4. The first-order chi connectivity index (χ1) is 9.24. The van der Waals surface area contributed by atoms with E-state index in [1.54, 1.807) is 18.5 Å². The van der Waals surface area contributed by atoms with Gasteiger partial charge in [-0.15, -0.1) is 0 Å². The zero-order valence-corrected chi connectivity index (χ0v) is 10.5. The first kappa shape index (κ1) is 13.0. The molecule has 3 nitrogen and oxygen atoms in total. The monoisotopic (exact) mass is 253 g/mol. The largest absolute Gasteiger partial charge is 0.478 e. The molecule has 1 aromatic carbocycles. The van der Waals surface area contributed by atoms with E-state index in [2.05, 4.69) is 4.98 Å². The molecule has 0 fully saturated rings. The molecule has 1 aromatic heterocycles. The summed E-state index contributed by atoms with van der Waals surface area (Å²) in [7, 11) is 0. The van der Waals surface area contributed by atoms with Gasteiger partial charge in [-0.1, -0.05) is 24.3 Å². The van der Waals surface area contributed by atoms with Crippen LogP contribution in [0, 0.1) is 0 Å². The van der Waals surface area contributed by atoms with Crippen molar-refractivity contribution in [3.8, 4) is 0 Å². The van der Waals surface area contributed by atoms with E-state index >= 15 is 0 Å². The molecule has 0 unspecified atom stereocenters. The first-order valence-electron chi connectivity index (χ1n) is 6.13. The quantitative estimate of drug-likeness (QED) is 0.833. The molecule has 3 heteroatoms. The Hall–Kier alpha value is -2.42. The van der Waals surface area contributed by atoms with Gasteiger partial charge in [0.05, 0.1) is 0 Å². The first-order valence-corrected chi connectivity index (χ1v) is 6.13. The van der Waals surface area contributed by atoms with E-state index in [4.69, 9.17) is 5.11 Å². The number of aromatic nitrogens is 1. The molecule has 0 radical (unpaired) electrons. The Morgan fingerprint density at radius 1 is 1.00 bits per heavy atom. The van der Waals surface area contributed by atoms with Gasteiger partial charge >= 0.3 is 5.97 Å². The Labute approximate surface area is 112 Å². The normalized spacial score (nSPS) is 10.7. The third-order valence-electron chi connectivity index (χ3n) is 2.85. The average molecular weight is 253 g/mol. The molecule has 2 aromatic rings. The number of benzene rings is 1. The van der Waals surface area contributed by atoms with Crippen LogP contribution in [0.1, 0.15) is 16.7 Å². The van der Waals surface area contributed by atoms with E-state index in [9.17, 15) is 4.79 Å². The molecule has 0 aliphatic carbocycles. The van der Waals surface area contributed by atoms with Crippen LogP contribution in [0.2, 0.25) is 0 Å². The molecule has 0 saturated carbocycles. The van der Waals surface area contributed by atoms with Crippen LogP contribution in [0.4, 0.5) is 0 Å². The molecule has 1 N–H and O–H groups in total. The number of rotatable bonds is 5. The second kappa shape index (κ2) is 6.50. The number of carboxylic acid groups (broad SMARTS) is 1. The number of nitrogens with zero attached hydrogens (tertiary/aromatic N) is 1. The van der Waals surface area contributed by atoms with E-state index in [1.165, 1.54) is 11.1 Å². The van der Waals surface area contributed by atoms with Crippen molar-refractivity contribution in [2.24, 2.45) is 0 Å². The molecule has 0 aliphatic rings. The fourth-order valence-electron chi connectivity index (χ4n) is 1.80. The van der Waals surface area contributed by atoms with Gasteiger partial charge in [-0.25, -0.2) is 4.79 Å². The molecule has 0 spiro atoms. The van der Waals surface area contributed by atoms with Crippen LogP contribution >= 0.6 is 0 Å². The van der Waals surface area contributed by atoms with Gasteiger partial charge in [-0.2, -0.15) is 0 Å². The number of hydrogen-bond donors (Lipinski definition) is 1. The topological polar surface area (TPSA) is 50.2 Å². The predicted molar refractivity (Wildman–Crippen MR) is 74.8 cm³/mol. The van der Waals surface area contributed by atoms with Crippen LogP contribution in [0.15, 0.2) is 54.9 Å². The van der Waals surface area contributed by atoms with Crippen molar-refractivity contribution < 1.29 is 9.90 Å². The molecule has 1 heterocycles. The van der Waals surface area contributed by atoms with Crippen molar-refractivity contribution in [2.45, 2.75) is 12.8 Å². The van der Waals surface area contributed by atoms with Gasteiger partial charge in [0, 0.05) is 18.5 Å². The molecule has 2 rings (SSSR count). The van der Waals surface area contributed by atoms with Crippen LogP contribution in [0.25, 0.3) is 6.08 Å². The number of pyridine rings is 1. The van der Waals surface area contributed by atoms with Crippen molar-refractivity contribution in [1.82, 2.24) is 4.98 Å². The van der Waals surface area contributed by atoms with E-state index in [-0.39, 0.29) is 0 Å². The maximum absolute atomic E-state index is 10.4. The molecule has 0 saturated heterocycles. The van der Waals surface area contributed by atoms with Gasteiger partial charge in [0.2, 0.25) is 0 Å². The summed E-state index contributed by atoms with van der Waals surface area (Å²) in [6.07, 6.45) is 8.28. The van der Waals surface area contributed by atoms with Gasteiger partial charge in [-0.3, -0.25) is 4.98 Å². The van der Waals surface area contributed by atoms with Crippen LogP contribution in [-0.4, -0.2) is 16.1 Å².